The van der Waals surface area contributed by atoms with Crippen molar-refractivity contribution in [2.75, 3.05) is 20.1 Å². The first kappa shape index (κ1) is 19.8. The fraction of sp³-hybridized carbons (Fsp3) is 0.467. The van der Waals surface area contributed by atoms with Crippen LogP contribution in [0, 0.1) is 0 Å². The number of halogens is 2. The van der Waals surface area contributed by atoms with Crippen LogP contribution in [0.4, 0.5) is 0 Å². The SMILES string of the molecule is CCNC(=NCCc1ccco1)N(C)Cc1ncc(Cl)n1C.I. The van der Waals surface area contributed by atoms with Crippen molar-refractivity contribution in [3.63, 3.8) is 0 Å². The molecule has 0 unspecified atom stereocenters. The number of nitrogens with zero attached hydrogens (tertiary/aromatic N) is 4. The van der Waals surface area contributed by atoms with Crippen LogP contribution in [0.3, 0.4) is 0 Å². The molecule has 0 saturated carbocycles. The van der Waals surface area contributed by atoms with Gasteiger partial charge in [-0.1, -0.05) is 11.6 Å². The third-order valence-electron chi connectivity index (χ3n) is 3.30. The highest BCUT2D eigenvalue weighted by Crippen LogP contribution is 2.10. The minimum absolute atomic E-state index is 0. The maximum Gasteiger partial charge on any atom is 0.194 e. The zero-order valence-corrected chi connectivity index (χ0v) is 16.7. The number of hydrogen-bond donors (Lipinski definition) is 1. The molecule has 128 valence electrons. The molecule has 0 aromatic carbocycles. The van der Waals surface area contributed by atoms with E-state index in [1.807, 2.05) is 42.6 Å². The second kappa shape index (κ2) is 9.82. The number of guanidine groups is 1. The maximum atomic E-state index is 6.02. The zero-order chi connectivity index (χ0) is 15.9. The Hall–Kier alpha value is -1.22. The first-order chi connectivity index (χ1) is 10.6. The summed E-state index contributed by atoms with van der Waals surface area (Å²) < 4.78 is 7.18. The average Bonchev–Trinajstić information content (AvgIpc) is 3.12. The van der Waals surface area contributed by atoms with Gasteiger partial charge in [0, 0.05) is 33.6 Å². The van der Waals surface area contributed by atoms with Crippen LogP contribution in [0.15, 0.2) is 34.0 Å². The van der Waals surface area contributed by atoms with Crippen molar-refractivity contribution < 1.29 is 4.42 Å². The first-order valence-electron chi connectivity index (χ1n) is 7.29. The minimum atomic E-state index is 0. The van der Waals surface area contributed by atoms with Crippen LogP contribution >= 0.6 is 35.6 Å². The standard InChI is InChI=1S/C15H22ClN5O.HI/c1-4-17-15(18-8-7-12-6-5-9-22-12)20(2)11-14-19-10-13(16)21(14)3;/h5-6,9-10H,4,7-8,11H2,1-3H3,(H,17,18);1H. The molecule has 0 fully saturated rings. The molecule has 0 spiro atoms. The number of imidazole rings is 1. The van der Waals surface area contributed by atoms with Gasteiger partial charge < -0.3 is 19.2 Å². The van der Waals surface area contributed by atoms with Gasteiger partial charge in [-0.3, -0.25) is 4.99 Å². The van der Waals surface area contributed by atoms with Gasteiger partial charge in [-0.2, -0.15) is 0 Å². The molecule has 0 saturated heterocycles. The molecule has 0 aliphatic carbocycles. The highest BCUT2D eigenvalue weighted by molar-refractivity contribution is 14.0. The Balaban J connectivity index is 0.00000264. The van der Waals surface area contributed by atoms with Gasteiger partial charge >= 0.3 is 0 Å². The summed E-state index contributed by atoms with van der Waals surface area (Å²) in [4.78, 5) is 11.0. The Bertz CT molecular complexity index is 611. The Morgan fingerprint density at radius 1 is 1.52 bits per heavy atom. The molecule has 0 bridgehead atoms. The molecule has 0 aliphatic rings. The summed E-state index contributed by atoms with van der Waals surface area (Å²) in [6.45, 7) is 4.16. The summed E-state index contributed by atoms with van der Waals surface area (Å²) in [6, 6.07) is 3.85. The van der Waals surface area contributed by atoms with Crippen molar-refractivity contribution in [2.24, 2.45) is 12.0 Å². The van der Waals surface area contributed by atoms with Crippen molar-refractivity contribution in [3.8, 4) is 0 Å². The van der Waals surface area contributed by atoms with E-state index in [1.165, 1.54) is 0 Å². The highest BCUT2D eigenvalue weighted by atomic mass is 127. The molecule has 0 aliphatic heterocycles. The Morgan fingerprint density at radius 2 is 2.30 bits per heavy atom. The Morgan fingerprint density at radius 3 is 2.87 bits per heavy atom. The van der Waals surface area contributed by atoms with Gasteiger partial charge in [-0.15, -0.1) is 24.0 Å². The predicted octanol–water partition coefficient (Wildman–Crippen LogP) is 2.92. The van der Waals surface area contributed by atoms with Gasteiger partial charge in [-0.25, -0.2) is 4.98 Å². The van der Waals surface area contributed by atoms with E-state index in [4.69, 9.17) is 16.0 Å². The van der Waals surface area contributed by atoms with Gasteiger partial charge in [0.05, 0.1) is 19.0 Å². The molecule has 23 heavy (non-hydrogen) atoms. The average molecular weight is 452 g/mol. The van der Waals surface area contributed by atoms with Crippen LogP contribution in [0.5, 0.6) is 0 Å². The fourth-order valence-electron chi connectivity index (χ4n) is 2.05. The topological polar surface area (TPSA) is 58.6 Å². The summed E-state index contributed by atoms with van der Waals surface area (Å²) in [5.41, 5.74) is 0. The molecule has 0 atom stereocenters. The molecule has 8 heteroatoms. The van der Waals surface area contributed by atoms with Crippen LogP contribution in [0.2, 0.25) is 5.15 Å². The highest BCUT2D eigenvalue weighted by Gasteiger charge is 2.11. The summed E-state index contributed by atoms with van der Waals surface area (Å²) >= 11 is 6.02. The van der Waals surface area contributed by atoms with E-state index < -0.39 is 0 Å². The summed E-state index contributed by atoms with van der Waals surface area (Å²) in [5, 5.41) is 3.91. The maximum absolute atomic E-state index is 6.02. The molecular formula is C15H23ClIN5O. The number of aromatic nitrogens is 2. The lowest BCUT2D eigenvalue weighted by atomic mass is 10.3. The quantitative estimate of drug-likeness (QED) is 0.417. The van der Waals surface area contributed by atoms with Gasteiger partial charge in [-0.05, 0) is 19.1 Å². The lowest BCUT2D eigenvalue weighted by Gasteiger charge is -2.21. The van der Waals surface area contributed by atoms with Crippen LogP contribution in [0.1, 0.15) is 18.5 Å². The number of hydrogen-bond acceptors (Lipinski definition) is 3. The largest absolute Gasteiger partial charge is 0.469 e. The lowest BCUT2D eigenvalue weighted by Crippen LogP contribution is -2.39. The van der Waals surface area contributed by atoms with Crippen molar-refractivity contribution in [3.05, 3.63) is 41.3 Å². The van der Waals surface area contributed by atoms with E-state index in [0.29, 0.717) is 18.2 Å². The van der Waals surface area contributed by atoms with E-state index in [9.17, 15) is 0 Å². The van der Waals surface area contributed by atoms with Gasteiger partial charge in [0.2, 0.25) is 0 Å². The Labute approximate surface area is 158 Å². The van der Waals surface area contributed by atoms with Gasteiger partial charge in [0.25, 0.3) is 0 Å². The number of furan rings is 1. The van der Waals surface area contributed by atoms with E-state index >= 15 is 0 Å². The fourth-order valence-corrected chi connectivity index (χ4v) is 2.20. The van der Waals surface area contributed by atoms with Crippen LogP contribution in [0.25, 0.3) is 0 Å². The van der Waals surface area contributed by atoms with E-state index in [0.717, 1.165) is 30.5 Å². The monoisotopic (exact) mass is 451 g/mol. The molecule has 0 amide bonds. The summed E-state index contributed by atoms with van der Waals surface area (Å²) in [7, 11) is 3.89. The second-order valence-corrected chi connectivity index (χ2v) is 5.36. The summed E-state index contributed by atoms with van der Waals surface area (Å²) in [5.74, 6) is 2.68. The molecule has 1 N–H and O–H groups in total. The minimum Gasteiger partial charge on any atom is -0.469 e. The lowest BCUT2D eigenvalue weighted by molar-refractivity contribution is 0.453. The summed E-state index contributed by atoms with van der Waals surface area (Å²) in [6.07, 6.45) is 4.12. The van der Waals surface area contributed by atoms with Gasteiger partial charge in [0.15, 0.2) is 5.96 Å². The Kier molecular flexibility index (Phi) is 8.46. The third-order valence-corrected chi connectivity index (χ3v) is 3.65. The van der Waals surface area contributed by atoms with Crippen molar-refractivity contribution in [1.29, 1.82) is 0 Å². The van der Waals surface area contributed by atoms with E-state index in [-0.39, 0.29) is 24.0 Å². The van der Waals surface area contributed by atoms with Crippen LogP contribution < -0.4 is 5.32 Å². The van der Waals surface area contributed by atoms with Crippen LogP contribution in [-0.2, 0) is 20.0 Å². The molecule has 0 radical (unpaired) electrons. The van der Waals surface area contributed by atoms with Crippen LogP contribution in [-0.4, -0.2) is 40.5 Å². The van der Waals surface area contributed by atoms with Gasteiger partial charge in [0.1, 0.15) is 16.7 Å². The predicted molar refractivity (Wildman–Crippen MR) is 103 cm³/mol. The van der Waals surface area contributed by atoms with E-state index in [1.54, 1.807) is 12.5 Å². The number of rotatable bonds is 6. The zero-order valence-electron chi connectivity index (χ0n) is 13.6. The number of aliphatic imine (C=N–C) groups is 1. The van der Waals surface area contributed by atoms with E-state index in [2.05, 4.69) is 15.3 Å². The van der Waals surface area contributed by atoms with Crippen molar-refractivity contribution in [2.45, 2.75) is 19.9 Å². The molecule has 2 rings (SSSR count). The third kappa shape index (κ3) is 5.72. The van der Waals surface area contributed by atoms with Crippen molar-refractivity contribution >= 4 is 41.5 Å². The molecule has 2 aromatic heterocycles. The molecule has 6 nitrogen and oxygen atoms in total. The molecule has 2 aromatic rings. The molecular weight excluding hydrogens is 429 g/mol. The van der Waals surface area contributed by atoms with Crippen molar-refractivity contribution in [1.82, 2.24) is 19.8 Å². The normalized spacial score (nSPS) is 11.2. The number of nitrogens with one attached hydrogen (secondary N) is 1. The first-order valence-corrected chi connectivity index (χ1v) is 7.67. The molecule has 2 heterocycles. The smallest absolute Gasteiger partial charge is 0.194 e. The second-order valence-electron chi connectivity index (χ2n) is 4.98.